The van der Waals surface area contributed by atoms with Crippen molar-refractivity contribution in [3.8, 4) is 0 Å². The zero-order valence-corrected chi connectivity index (χ0v) is 19.6. The quantitative estimate of drug-likeness (QED) is 0.617. The maximum atomic E-state index is 13.4. The number of hydrogen-bond donors (Lipinski definition) is 0. The number of hydrazone groups is 1. The summed E-state index contributed by atoms with van der Waals surface area (Å²) in [5.74, 6) is -0.332. The van der Waals surface area contributed by atoms with Gasteiger partial charge in [-0.1, -0.05) is 35.9 Å². The first-order chi connectivity index (χ1) is 15.5. The van der Waals surface area contributed by atoms with Gasteiger partial charge >= 0.3 is 0 Å². The number of ether oxygens (including phenoxy) is 1. The fourth-order valence-corrected chi connectivity index (χ4v) is 4.97. The minimum Gasteiger partial charge on any atom is -0.379 e. The molecule has 0 saturated carbocycles. The number of rotatable bonds is 7. The molecule has 0 N–H and O–H groups in total. The summed E-state index contributed by atoms with van der Waals surface area (Å²) in [6.07, 6.45) is 0.587. The van der Waals surface area contributed by atoms with Crippen LogP contribution in [-0.4, -0.2) is 78.3 Å². The molecule has 0 radical (unpaired) electrons. The molecule has 0 spiro atoms. The molecule has 0 aliphatic carbocycles. The largest absolute Gasteiger partial charge is 0.379 e. The number of carbonyl (C=O) groups excluding carboxylic acids is 2. The van der Waals surface area contributed by atoms with Crippen molar-refractivity contribution in [3.05, 3.63) is 57.2 Å². The van der Waals surface area contributed by atoms with Crippen LogP contribution in [0.1, 0.15) is 29.8 Å². The highest BCUT2D eigenvalue weighted by Gasteiger charge is 2.35. The molecule has 1 saturated heterocycles. The van der Waals surface area contributed by atoms with Crippen molar-refractivity contribution >= 4 is 40.5 Å². The van der Waals surface area contributed by atoms with Crippen LogP contribution in [0.4, 0.5) is 0 Å². The summed E-state index contributed by atoms with van der Waals surface area (Å²) in [5, 5.41) is 8.80. The van der Waals surface area contributed by atoms with Crippen LogP contribution in [0.25, 0.3) is 0 Å². The Morgan fingerprint density at radius 3 is 2.69 bits per heavy atom. The molecule has 32 heavy (non-hydrogen) atoms. The standard InChI is InChI=1S/C23H27ClN4O3S/c1-17(29)27(9-8-26-10-12-31-13-11-26)16-23(30)28-21(18-5-2-3-6-19(18)24)15-20(25-28)22-7-4-14-32-22/h2-7,14,21H,8-13,15-16H2,1H3/t21-/m0/s1. The summed E-state index contributed by atoms with van der Waals surface area (Å²) < 4.78 is 5.38. The second kappa shape index (κ2) is 10.6. The average Bonchev–Trinajstić information content (AvgIpc) is 3.47. The van der Waals surface area contributed by atoms with Gasteiger partial charge in [0.05, 0.1) is 29.8 Å². The van der Waals surface area contributed by atoms with Crippen LogP contribution in [0.15, 0.2) is 46.9 Å². The van der Waals surface area contributed by atoms with Gasteiger partial charge in [0.1, 0.15) is 6.54 Å². The van der Waals surface area contributed by atoms with Crippen LogP contribution in [0.3, 0.4) is 0 Å². The van der Waals surface area contributed by atoms with Gasteiger partial charge in [0.25, 0.3) is 5.91 Å². The minimum atomic E-state index is -0.290. The van der Waals surface area contributed by atoms with Crippen molar-refractivity contribution in [2.45, 2.75) is 19.4 Å². The molecule has 3 heterocycles. The minimum absolute atomic E-state index is 0.0121. The number of benzene rings is 1. The van der Waals surface area contributed by atoms with Gasteiger partial charge in [0, 0.05) is 44.5 Å². The van der Waals surface area contributed by atoms with Gasteiger partial charge in [-0.2, -0.15) is 5.10 Å². The molecule has 2 aromatic rings. The topological polar surface area (TPSA) is 65.5 Å². The van der Waals surface area contributed by atoms with Gasteiger partial charge in [-0.05, 0) is 23.1 Å². The zero-order chi connectivity index (χ0) is 22.5. The van der Waals surface area contributed by atoms with E-state index in [1.807, 2.05) is 41.8 Å². The summed E-state index contributed by atoms with van der Waals surface area (Å²) in [4.78, 5) is 30.5. The molecular formula is C23H27ClN4O3S. The van der Waals surface area contributed by atoms with Gasteiger partial charge in [0.2, 0.25) is 5.91 Å². The molecule has 2 aliphatic rings. The number of hydrogen-bond acceptors (Lipinski definition) is 6. The third-order valence-corrected chi connectivity index (χ3v) is 7.06. The molecule has 1 fully saturated rings. The smallest absolute Gasteiger partial charge is 0.262 e. The lowest BCUT2D eigenvalue weighted by atomic mass is 10.0. The summed E-state index contributed by atoms with van der Waals surface area (Å²) in [5.41, 5.74) is 1.72. The predicted molar refractivity (Wildman–Crippen MR) is 126 cm³/mol. The first kappa shape index (κ1) is 22.9. The Morgan fingerprint density at radius 1 is 1.22 bits per heavy atom. The molecule has 0 bridgehead atoms. The Morgan fingerprint density at radius 2 is 2.00 bits per heavy atom. The summed E-state index contributed by atoms with van der Waals surface area (Å²) in [6, 6.07) is 11.2. The lowest BCUT2D eigenvalue weighted by Crippen LogP contribution is -2.45. The summed E-state index contributed by atoms with van der Waals surface area (Å²) in [6.45, 7) is 5.79. The maximum Gasteiger partial charge on any atom is 0.262 e. The SMILES string of the molecule is CC(=O)N(CCN1CCOCC1)CC(=O)N1N=C(c2cccs2)C[C@H]1c1ccccc1Cl. The van der Waals surface area contributed by atoms with E-state index in [-0.39, 0.29) is 24.4 Å². The van der Waals surface area contributed by atoms with E-state index in [1.54, 1.807) is 16.2 Å². The molecule has 1 atom stereocenters. The number of halogens is 1. The Balaban J connectivity index is 1.51. The van der Waals surface area contributed by atoms with Crippen molar-refractivity contribution in [3.63, 3.8) is 0 Å². The van der Waals surface area contributed by atoms with E-state index >= 15 is 0 Å². The molecule has 1 aromatic carbocycles. The second-order valence-electron chi connectivity index (χ2n) is 7.90. The van der Waals surface area contributed by atoms with Gasteiger partial charge in [-0.25, -0.2) is 5.01 Å². The number of carbonyl (C=O) groups is 2. The molecule has 2 aliphatic heterocycles. The van der Waals surface area contributed by atoms with Crippen molar-refractivity contribution in [1.29, 1.82) is 0 Å². The van der Waals surface area contributed by atoms with Crippen LogP contribution in [0.2, 0.25) is 5.02 Å². The Labute approximate surface area is 197 Å². The zero-order valence-electron chi connectivity index (χ0n) is 18.1. The molecule has 170 valence electrons. The fraction of sp³-hybridized carbons (Fsp3) is 0.435. The van der Waals surface area contributed by atoms with E-state index in [0.717, 1.165) is 29.2 Å². The van der Waals surface area contributed by atoms with Crippen LogP contribution in [0, 0.1) is 0 Å². The summed E-state index contributed by atoms with van der Waals surface area (Å²) in [7, 11) is 0. The Bertz CT molecular complexity index is 975. The summed E-state index contributed by atoms with van der Waals surface area (Å²) >= 11 is 8.07. The van der Waals surface area contributed by atoms with E-state index in [1.165, 1.54) is 11.9 Å². The number of amides is 2. The lowest BCUT2D eigenvalue weighted by Gasteiger charge is -2.30. The van der Waals surface area contributed by atoms with Crippen LogP contribution in [-0.2, 0) is 14.3 Å². The van der Waals surface area contributed by atoms with Crippen LogP contribution < -0.4 is 0 Å². The molecule has 4 rings (SSSR count). The van der Waals surface area contributed by atoms with Crippen molar-refractivity contribution < 1.29 is 14.3 Å². The predicted octanol–water partition coefficient (Wildman–Crippen LogP) is 3.26. The van der Waals surface area contributed by atoms with E-state index in [2.05, 4.69) is 10.0 Å². The molecule has 0 unspecified atom stereocenters. The highest BCUT2D eigenvalue weighted by molar-refractivity contribution is 7.12. The molecule has 1 aromatic heterocycles. The highest BCUT2D eigenvalue weighted by atomic mass is 35.5. The van der Waals surface area contributed by atoms with Gasteiger partial charge in [-0.3, -0.25) is 14.5 Å². The normalized spacial score (nSPS) is 19.1. The van der Waals surface area contributed by atoms with Gasteiger partial charge in [-0.15, -0.1) is 11.3 Å². The average molecular weight is 475 g/mol. The molecule has 7 nitrogen and oxygen atoms in total. The van der Waals surface area contributed by atoms with E-state index in [9.17, 15) is 9.59 Å². The van der Waals surface area contributed by atoms with E-state index in [4.69, 9.17) is 16.3 Å². The van der Waals surface area contributed by atoms with Crippen LogP contribution in [0.5, 0.6) is 0 Å². The third kappa shape index (κ3) is 5.38. The van der Waals surface area contributed by atoms with Gasteiger partial charge in [0.15, 0.2) is 0 Å². The van der Waals surface area contributed by atoms with E-state index < -0.39 is 0 Å². The number of nitrogens with zero attached hydrogens (tertiary/aromatic N) is 4. The first-order valence-corrected chi connectivity index (χ1v) is 12.0. The van der Waals surface area contributed by atoms with E-state index in [0.29, 0.717) is 37.7 Å². The Hall–Kier alpha value is -2.26. The lowest BCUT2D eigenvalue weighted by molar-refractivity contribution is -0.140. The van der Waals surface area contributed by atoms with Crippen molar-refractivity contribution in [1.82, 2.24) is 14.8 Å². The second-order valence-corrected chi connectivity index (χ2v) is 9.25. The van der Waals surface area contributed by atoms with Crippen LogP contribution >= 0.6 is 22.9 Å². The molecular weight excluding hydrogens is 448 g/mol. The fourth-order valence-electron chi connectivity index (χ4n) is 3.99. The van der Waals surface area contributed by atoms with Gasteiger partial charge < -0.3 is 9.64 Å². The molecule has 9 heteroatoms. The highest BCUT2D eigenvalue weighted by Crippen LogP contribution is 2.37. The number of morpholine rings is 1. The monoisotopic (exact) mass is 474 g/mol. The van der Waals surface area contributed by atoms with Crippen molar-refractivity contribution in [2.24, 2.45) is 5.10 Å². The Kier molecular flexibility index (Phi) is 7.57. The third-order valence-electron chi connectivity index (χ3n) is 5.80. The maximum absolute atomic E-state index is 13.4. The van der Waals surface area contributed by atoms with Crippen molar-refractivity contribution in [2.75, 3.05) is 45.9 Å². The number of thiophene rings is 1. The first-order valence-electron chi connectivity index (χ1n) is 10.8. The molecule has 2 amide bonds.